The van der Waals surface area contributed by atoms with Gasteiger partial charge in [0, 0.05) is 24.4 Å². The number of aliphatic hydroxyl groups is 1. The van der Waals surface area contributed by atoms with Gasteiger partial charge >= 0.3 is 0 Å². The zero-order valence-corrected chi connectivity index (χ0v) is 12.1. The van der Waals surface area contributed by atoms with Gasteiger partial charge in [0.25, 0.3) is 0 Å². The van der Waals surface area contributed by atoms with Gasteiger partial charge in [-0.05, 0) is 31.4 Å². The molecule has 0 aromatic rings. The van der Waals surface area contributed by atoms with Gasteiger partial charge in [0.2, 0.25) is 0 Å². The predicted octanol–water partition coefficient (Wildman–Crippen LogP) is 1.89. The lowest BCUT2D eigenvalue weighted by Gasteiger charge is -2.17. The van der Waals surface area contributed by atoms with Gasteiger partial charge in [0.15, 0.2) is 0 Å². The number of hydrogen-bond donors (Lipinski definition) is 2. The largest absolute Gasteiger partial charge is 0.389 e. The number of thioether (sulfide) groups is 1. The fraction of sp³-hybridized carbons (Fsp3) is 1.00. The summed E-state index contributed by atoms with van der Waals surface area (Å²) in [6, 6.07) is 0.590. The SMILES string of the molecule is CSC1CCC(NCC(O)COCC(C)C)C1. The highest BCUT2D eigenvalue weighted by Crippen LogP contribution is 2.27. The van der Waals surface area contributed by atoms with Crippen LogP contribution in [0, 0.1) is 5.92 Å². The highest BCUT2D eigenvalue weighted by atomic mass is 32.2. The Kier molecular flexibility index (Phi) is 7.51. The zero-order valence-electron chi connectivity index (χ0n) is 11.3. The van der Waals surface area contributed by atoms with Gasteiger partial charge in [-0.15, -0.1) is 0 Å². The van der Waals surface area contributed by atoms with Crippen molar-refractivity contribution in [3.8, 4) is 0 Å². The summed E-state index contributed by atoms with van der Waals surface area (Å²) in [6.45, 7) is 6.07. The number of nitrogens with one attached hydrogen (secondary N) is 1. The topological polar surface area (TPSA) is 41.5 Å². The third-order valence-electron chi connectivity index (χ3n) is 3.12. The van der Waals surface area contributed by atoms with Crippen LogP contribution in [0.3, 0.4) is 0 Å². The van der Waals surface area contributed by atoms with Crippen molar-refractivity contribution >= 4 is 11.8 Å². The van der Waals surface area contributed by atoms with Crippen molar-refractivity contribution < 1.29 is 9.84 Å². The third-order valence-corrected chi connectivity index (χ3v) is 4.22. The summed E-state index contributed by atoms with van der Waals surface area (Å²) in [5.41, 5.74) is 0. The van der Waals surface area contributed by atoms with E-state index in [1.807, 2.05) is 11.8 Å². The molecule has 0 bridgehead atoms. The minimum absolute atomic E-state index is 0.373. The van der Waals surface area contributed by atoms with Crippen molar-refractivity contribution in [1.29, 1.82) is 0 Å². The van der Waals surface area contributed by atoms with Crippen LogP contribution in [0.2, 0.25) is 0 Å². The lowest BCUT2D eigenvalue weighted by molar-refractivity contribution is 0.0251. The van der Waals surface area contributed by atoms with Gasteiger partial charge in [-0.2, -0.15) is 11.8 Å². The van der Waals surface area contributed by atoms with Crippen molar-refractivity contribution in [2.24, 2.45) is 5.92 Å². The van der Waals surface area contributed by atoms with E-state index in [4.69, 9.17) is 4.74 Å². The summed E-state index contributed by atoms with van der Waals surface area (Å²) in [7, 11) is 0. The first kappa shape index (κ1) is 15.3. The molecule has 0 saturated heterocycles. The predicted molar refractivity (Wildman–Crippen MR) is 74.6 cm³/mol. The number of aliphatic hydroxyl groups excluding tert-OH is 1. The molecule has 17 heavy (non-hydrogen) atoms. The smallest absolute Gasteiger partial charge is 0.0897 e. The van der Waals surface area contributed by atoms with Gasteiger partial charge in [-0.25, -0.2) is 0 Å². The Balaban J connectivity index is 2.02. The average Bonchev–Trinajstić information content (AvgIpc) is 2.73. The first-order valence-electron chi connectivity index (χ1n) is 6.63. The molecular weight excluding hydrogens is 234 g/mol. The fourth-order valence-electron chi connectivity index (χ4n) is 2.14. The molecule has 3 atom stereocenters. The maximum Gasteiger partial charge on any atom is 0.0897 e. The molecule has 0 aromatic carbocycles. The molecule has 1 aliphatic carbocycles. The molecule has 4 heteroatoms. The van der Waals surface area contributed by atoms with Crippen molar-refractivity contribution in [1.82, 2.24) is 5.32 Å². The Bertz CT molecular complexity index is 202. The number of ether oxygens (including phenoxy) is 1. The van der Waals surface area contributed by atoms with E-state index in [1.165, 1.54) is 19.3 Å². The quantitative estimate of drug-likeness (QED) is 0.700. The number of rotatable bonds is 8. The molecule has 1 fully saturated rings. The molecule has 102 valence electrons. The van der Waals surface area contributed by atoms with E-state index in [-0.39, 0.29) is 6.10 Å². The van der Waals surface area contributed by atoms with Crippen LogP contribution in [0.4, 0.5) is 0 Å². The summed E-state index contributed by atoms with van der Waals surface area (Å²) < 4.78 is 5.42. The fourth-order valence-corrected chi connectivity index (χ4v) is 2.94. The summed E-state index contributed by atoms with van der Waals surface area (Å²) >= 11 is 1.96. The third kappa shape index (κ3) is 6.65. The van der Waals surface area contributed by atoms with Crippen molar-refractivity contribution in [3.63, 3.8) is 0 Å². The molecule has 1 saturated carbocycles. The minimum atomic E-state index is -0.373. The number of hydrogen-bond acceptors (Lipinski definition) is 4. The first-order chi connectivity index (χ1) is 8.11. The Labute approximate surface area is 110 Å². The molecule has 3 unspecified atom stereocenters. The van der Waals surface area contributed by atoms with E-state index in [1.54, 1.807) is 0 Å². The van der Waals surface area contributed by atoms with E-state index >= 15 is 0 Å². The second-order valence-corrected chi connectivity index (χ2v) is 6.50. The van der Waals surface area contributed by atoms with Gasteiger partial charge in [0.05, 0.1) is 12.7 Å². The molecule has 0 amide bonds. The second kappa shape index (κ2) is 8.35. The standard InChI is InChI=1S/C13H27NO2S/c1-10(2)8-16-9-12(15)7-14-11-4-5-13(6-11)17-3/h10-15H,4-9H2,1-3H3. The molecule has 0 heterocycles. The van der Waals surface area contributed by atoms with Crippen LogP contribution in [0.15, 0.2) is 0 Å². The molecule has 0 radical (unpaired) electrons. The van der Waals surface area contributed by atoms with Crippen LogP contribution in [0.5, 0.6) is 0 Å². The van der Waals surface area contributed by atoms with Gasteiger partial charge in [-0.3, -0.25) is 0 Å². The van der Waals surface area contributed by atoms with Crippen LogP contribution < -0.4 is 5.32 Å². The lowest BCUT2D eigenvalue weighted by Crippen LogP contribution is -2.36. The molecule has 0 spiro atoms. The van der Waals surface area contributed by atoms with Crippen molar-refractivity contribution in [3.05, 3.63) is 0 Å². The van der Waals surface area contributed by atoms with Crippen LogP contribution in [-0.2, 0) is 4.74 Å². The average molecular weight is 261 g/mol. The minimum Gasteiger partial charge on any atom is -0.389 e. The normalized spacial score (nSPS) is 26.6. The summed E-state index contributed by atoms with van der Waals surface area (Å²) in [5.74, 6) is 0.535. The Morgan fingerprint density at radius 1 is 1.35 bits per heavy atom. The van der Waals surface area contributed by atoms with E-state index < -0.39 is 0 Å². The molecule has 1 rings (SSSR count). The van der Waals surface area contributed by atoms with Crippen LogP contribution in [-0.4, -0.2) is 48.5 Å². The van der Waals surface area contributed by atoms with Gasteiger partial charge in [-0.1, -0.05) is 13.8 Å². The summed E-state index contributed by atoms with van der Waals surface area (Å²) in [4.78, 5) is 0. The van der Waals surface area contributed by atoms with Crippen molar-refractivity contribution in [2.75, 3.05) is 26.0 Å². The maximum atomic E-state index is 9.75. The monoisotopic (exact) mass is 261 g/mol. The van der Waals surface area contributed by atoms with Crippen molar-refractivity contribution in [2.45, 2.75) is 50.5 Å². The van der Waals surface area contributed by atoms with Gasteiger partial charge < -0.3 is 15.2 Å². The Morgan fingerprint density at radius 2 is 2.12 bits per heavy atom. The first-order valence-corrected chi connectivity index (χ1v) is 7.92. The molecule has 1 aliphatic rings. The highest BCUT2D eigenvalue weighted by molar-refractivity contribution is 7.99. The van der Waals surface area contributed by atoms with Crippen LogP contribution in [0.25, 0.3) is 0 Å². The van der Waals surface area contributed by atoms with Crippen LogP contribution >= 0.6 is 11.8 Å². The Hall–Kier alpha value is 0.230. The van der Waals surface area contributed by atoms with Crippen LogP contribution in [0.1, 0.15) is 33.1 Å². The van der Waals surface area contributed by atoms with E-state index in [9.17, 15) is 5.11 Å². The molecular formula is C13H27NO2S. The molecule has 3 nitrogen and oxygen atoms in total. The Morgan fingerprint density at radius 3 is 2.71 bits per heavy atom. The zero-order chi connectivity index (χ0) is 12.7. The van der Waals surface area contributed by atoms with E-state index in [2.05, 4.69) is 25.4 Å². The maximum absolute atomic E-state index is 9.75. The lowest BCUT2D eigenvalue weighted by atomic mass is 10.2. The second-order valence-electron chi connectivity index (χ2n) is 5.36. The van der Waals surface area contributed by atoms with E-state index in [0.717, 1.165) is 11.9 Å². The summed E-state index contributed by atoms with van der Waals surface area (Å²) in [5, 5.41) is 14.0. The molecule has 2 N–H and O–H groups in total. The van der Waals surface area contributed by atoms with Gasteiger partial charge in [0.1, 0.15) is 0 Å². The summed E-state index contributed by atoms with van der Waals surface area (Å²) in [6.07, 6.45) is 5.59. The molecule has 0 aliphatic heterocycles. The molecule has 0 aromatic heterocycles. The van der Waals surface area contributed by atoms with E-state index in [0.29, 0.717) is 25.1 Å². The highest BCUT2D eigenvalue weighted by Gasteiger charge is 2.23.